The quantitative estimate of drug-likeness (QED) is 0.391. The number of tetrazole rings is 1. The van der Waals surface area contributed by atoms with Crippen LogP contribution in [0.1, 0.15) is 17.0 Å². The van der Waals surface area contributed by atoms with Gasteiger partial charge in [-0.3, -0.25) is 0 Å². The zero-order chi connectivity index (χ0) is 22.0. The van der Waals surface area contributed by atoms with Crippen molar-refractivity contribution in [1.29, 1.82) is 0 Å². The van der Waals surface area contributed by atoms with E-state index in [1.807, 2.05) is 18.2 Å². The van der Waals surface area contributed by atoms with E-state index in [0.717, 1.165) is 22.6 Å². The fraction of sp³-hybridized carbons (Fsp3) is 0.0769. The molecule has 0 amide bonds. The summed E-state index contributed by atoms with van der Waals surface area (Å²) >= 11 is 0. The molecule has 6 aromatic rings. The van der Waals surface area contributed by atoms with Crippen molar-refractivity contribution in [2.24, 2.45) is 0 Å². The van der Waals surface area contributed by atoms with Crippen molar-refractivity contribution in [1.82, 2.24) is 30.2 Å². The van der Waals surface area contributed by atoms with Crippen LogP contribution < -0.4 is 5.32 Å². The summed E-state index contributed by atoms with van der Waals surface area (Å²) in [6.45, 7) is 0.659. The Labute approximate surface area is 190 Å². The van der Waals surface area contributed by atoms with Crippen LogP contribution in [0.15, 0.2) is 97.1 Å². The van der Waals surface area contributed by atoms with Gasteiger partial charge in [0.05, 0.1) is 5.69 Å². The van der Waals surface area contributed by atoms with Gasteiger partial charge in [0.1, 0.15) is 5.82 Å². The molecule has 0 aliphatic rings. The van der Waals surface area contributed by atoms with Crippen molar-refractivity contribution in [2.75, 3.05) is 11.9 Å². The summed E-state index contributed by atoms with van der Waals surface area (Å²) in [5.41, 5.74) is 6.53. The van der Waals surface area contributed by atoms with Gasteiger partial charge in [-0.2, -0.15) is 0 Å². The molecule has 3 heterocycles. The Morgan fingerprint density at radius 1 is 0.818 bits per heavy atom. The van der Waals surface area contributed by atoms with Crippen LogP contribution in [0.3, 0.4) is 0 Å². The van der Waals surface area contributed by atoms with Gasteiger partial charge in [-0.15, -0.1) is 14.8 Å². The topological polar surface area (TPSA) is 83.8 Å². The van der Waals surface area contributed by atoms with E-state index in [-0.39, 0.29) is 5.92 Å². The molecular weight excluding hydrogens is 410 g/mol. The normalized spacial score (nSPS) is 12.2. The molecule has 160 valence electrons. The first-order chi connectivity index (χ1) is 16.4. The number of anilines is 1. The number of fused-ring (bicyclic) bond motifs is 2. The smallest absolute Gasteiger partial charge is 0.200 e. The third kappa shape index (κ3) is 3.59. The number of hydrogen-bond acceptors (Lipinski definition) is 5. The van der Waals surface area contributed by atoms with Gasteiger partial charge in [0, 0.05) is 23.4 Å². The summed E-state index contributed by atoms with van der Waals surface area (Å²) in [5.74, 6) is 0.806. The summed E-state index contributed by atoms with van der Waals surface area (Å²) < 4.78 is 1.43. The maximum Gasteiger partial charge on any atom is 0.200 e. The first-order valence-corrected chi connectivity index (χ1v) is 10.9. The van der Waals surface area contributed by atoms with E-state index in [4.69, 9.17) is 0 Å². The summed E-state index contributed by atoms with van der Waals surface area (Å²) in [7, 11) is 0. The maximum absolute atomic E-state index is 4.49. The van der Waals surface area contributed by atoms with Crippen molar-refractivity contribution in [3.63, 3.8) is 0 Å². The number of nitrogens with one attached hydrogen (secondary N) is 2. The minimum atomic E-state index is 0.0870. The Bertz CT molecular complexity index is 1520. The van der Waals surface area contributed by atoms with Crippen molar-refractivity contribution in [3.05, 3.63) is 108 Å². The second kappa shape index (κ2) is 8.20. The molecule has 2 N–H and O–H groups in total. The van der Waals surface area contributed by atoms with Crippen molar-refractivity contribution in [2.45, 2.75) is 5.92 Å². The molecule has 0 fully saturated rings. The molecular formula is C26H21N7. The van der Waals surface area contributed by atoms with Crippen LogP contribution in [-0.2, 0) is 0 Å². The number of nitrogens with zero attached hydrogens (tertiary/aromatic N) is 5. The van der Waals surface area contributed by atoms with E-state index < -0.39 is 0 Å². The van der Waals surface area contributed by atoms with Gasteiger partial charge in [-0.25, -0.2) is 0 Å². The summed E-state index contributed by atoms with van der Waals surface area (Å²) in [5, 5.41) is 20.7. The van der Waals surface area contributed by atoms with Crippen LogP contribution in [0.25, 0.3) is 27.8 Å². The average Bonchev–Trinajstić information content (AvgIpc) is 3.50. The molecule has 0 aliphatic heterocycles. The lowest BCUT2D eigenvalue weighted by Gasteiger charge is -2.20. The molecule has 33 heavy (non-hydrogen) atoms. The Kier molecular flexibility index (Phi) is 4.77. The SMILES string of the molecule is c1ccc(-c2[nH]c3ccccc3c2[C@H](CNc2ccc3nnnn3n2)c2ccccc2)cc1. The molecule has 7 heteroatoms. The highest BCUT2D eigenvalue weighted by Gasteiger charge is 2.23. The van der Waals surface area contributed by atoms with Crippen LogP contribution in [0.5, 0.6) is 0 Å². The standard InChI is InChI=1S/C26H21N7/c1-3-9-18(10-4-1)21(17-27-23-15-16-24-29-31-32-33(24)30-23)25-20-13-7-8-14-22(20)28-26(25)19-11-5-2-6-12-19/h1-16,21,28H,17H2,(H,27,30)/t21-/m1/s1. The second-order valence-electron chi connectivity index (χ2n) is 7.91. The van der Waals surface area contributed by atoms with Gasteiger partial charge in [-0.1, -0.05) is 78.9 Å². The Morgan fingerprint density at radius 2 is 1.58 bits per heavy atom. The van der Waals surface area contributed by atoms with Gasteiger partial charge in [-0.05, 0) is 45.3 Å². The molecule has 3 aromatic heterocycles. The predicted octanol–water partition coefficient (Wildman–Crippen LogP) is 4.91. The van der Waals surface area contributed by atoms with Crippen LogP contribution >= 0.6 is 0 Å². The highest BCUT2D eigenvalue weighted by molar-refractivity contribution is 5.92. The number of benzene rings is 3. The molecule has 0 radical (unpaired) electrons. The van der Waals surface area contributed by atoms with Gasteiger partial charge < -0.3 is 10.3 Å². The summed E-state index contributed by atoms with van der Waals surface area (Å²) in [6.07, 6.45) is 0. The molecule has 1 atom stereocenters. The maximum atomic E-state index is 4.49. The highest BCUT2D eigenvalue weighted by Crippen LogP contribution is 2.38. The second-order valence-corrected chi connectivity index (χ2v) is 7.91. The van der Waals surface area contributed by atoms with Gasteiger partial charge in [0.25, 0.3) is 0 Å². The summed E-state index contributed by atoms with van der Waals surface area (Å²) in [6, 6.07) is 33.3. The lowest BCUT2D eigenvalue weighted by molar-refractivity contribution is 0.731. The van der Waals surface area contributed by atoms with Crippen molar-refractivity contribution in [3.8, 4) is 11.3 Å². The molecule has 6 rings (SSSR count). The van der Waals surface area contributed by atoms with E-state index >= 15 is 0 Å². The van der Waals surface area contributed by atoms with Gasteiger partial charge in [0.15, 0.2) is 5.65 Å². The van der Waals surface area contributed by atoms with Crippen molar-refractivity contribution < 1.29 is 0 Å². The van der Waals surface area contributed by atoms with E-state index in [2.05, 4.69) is 110 Å². The number of H-pyrrole nitrogens is 1. The Hall–Kier alpha value is -4.52. The fourth-order valence-corrected chi connectivity index (χ4v) is 4.38. The summed E-state index contributed by atoms with van der Waals surface area (Å²) in [4.78, 5) is 3.68. The lowest BCUT2D eigenvalue weighted by atomic mass is 9.87. The molecule has 3 aromatic carbocycles. The molecule has 0 saturated carbocycles. The molecule has 7 nitrogen and oxygen atoms in total. The molecule has 0 aliphatic carbocycles. The highest BCUT2D eigenvalue weighted by atomic mass is 15.6. The monoisotopic (exact) mass is 431 g/mol. The average molecular weight is 432 g/mol. The van der Waals surface area contributed by atoms with E-state index in [1.165, 1.54) is 21.1 Å². The van der Waals surface area contributed by atoms with E-state index in [1.54, 1.807) is 0 Å². The Balaban J connectivity index is 1.47. The number of para-hydroxylation sites is 1. The number of aromatic nitrogens is 6. The first-order valence-electron chi connectivity index (χ1n) is 10.9. The molecule has 0 spiro atoms. The van der Waals surface area contributed by atoms with Gasteiger partial charge >= 0.3 is 0 Å². The third-order valence-corrected chi connectivity index (χ3v) is 5.92. The molecule has 0 saturated heterocycles. The first kappa shape index (κ1) is 19.2. The van der Waals surface area contributed by atoms with E-state index in [9.17, 15) is 0 Å². The fourth-order valence-electron chi connectivity index (χ4n) is 4.38. The third-order valence-electron chi connectivity index (χ3n) is 5.92. The predicted molar refractivity (Wildman–Crippen MR) is 129 cm³/mol. The van der Waals surface area contributed by atoms with Crippen molar-refractivity contribution >= 4 is 22.4 Å². The van der Waals surface area contributed by atoms with Crippen LogP contribution in [-0.4, -0.2) is 36.8 Å². The number of rotatable bonds is 6. The van der Waals surface area contributed by atoms with Crippen LogP contribution in [0.2, 0.25) is 0 Å². The lowest BCUT2D eigenvalue weighted by Crippen LogP contribution is -2.16. The minimum Gasteiger partial charge on any atom is -0.368 e. The van der Waals surface area contributed by atoms with Crippen LogP contribution in [0.4, 0.5) is 5.82 Å². The zero-order valence-electron chi connectivity index (χ0n) is 17.8. The largest absolute Gasteiger partial charge is 0.368 e. The van der Waals surface area contributed by atoms with E-state index in [0.29, 0.717) is 12.2 Å². The number of aromatic amines is 1. The minimum absolute atomic E-state index is 0.0870. The van der Waals surface area contributed by atoms with Crippen LogP contribution in [0, 0.1) is 0 Å². The molecule has 0 bridgehead atoms. The molecule has 0 unspecified atom stereocenters. The van der Waals surface area contributed by atoms with Gasteiger partial charge in [0.2, 0.25) is 0 Å². The number of hydrogen-bond donors (Lipinski definition) is 2. The zero-order valence-corrected chi connectivity index (χ0v) is 17.8. The Morgan fingerprint density at radius 3 is 2.42 bits per heavy atom.